The van der Waals surface area contributed by atoms with Crippen LogP contribution in [-0.2, 0) is 24.7 Å². The number of hydrogen-bond donors (Lipinski definition) is 0. The standard InChI is InChI=1S/C16H18O4/c1-3-19-15(18)13-8-12(13)10-5-4-6-11(7-10)16(2)14(9-17)20-16/h4-7,9,12-14H,3,8H2,1-2H3. The molecule has 20 heavy (non-hydrogen) atoms. The normalized spacial score (nSPS) is 34.4. The molecule has 2 aliphatic rings. The molecule has 0 radical (unpaired) electrons. The van der Waals surface area contributed by atoms with Gasteiger partial charge in [-0.2, -0.15) is 0 Å². The molecule has 4 atom stereocenters. The summed E-state index contributed by atoms with van der Waals surface area (Å²) in [5.74, 6) is 0.119. The zero-order valence-electron chi connectivity index (χ0n) is 11.7. The minimum atomic E-state index is -0.494. The smallest absolute Gasteiger partial charge is 0.309 e. The van der Waals surface area contributed by atoms with E-state index in [9.17, 15) is 9.59 Å². The second-order valence-electron chi connectivity index (χ2n) is 5.61. The van der Waals surface area contributed by atoms with Crippen LogP contribution in [0.2, 0.25) is 0 Å². The summed E-state index contributed by atoms with van der Waals surface area (Å²) in [6, 6.07) is 8.00. The summed E-state index contributed by atoms with van der Waals surface area (Å²) in [7, 11) is 0. The van der Waals surface area contributed by atoms with Crippen molar-refractivity contribution in [3.63, 3.8) is 0 Å². The molecule has 1 heterocycles. The quantitative estimate of drug-likeness (QED) is 0.469. The highest BCUT2D eigenvalue weighted by Crippen LogP contribution is 2.50. The van der Waals surface area contributed by atoms with Crippen LogP contribution < -0.4 is 0 Å². The molecule has 1 aromatic carbocycles. The Kier molecular flexibility index (Phi) is 3.13. The maximum Gasteiger partial charge on any atom is 0.309 e. The van der Waals surface area contributed by atoms with Gasteiger partial charge in [0.05, 0.1) is 12.5 Å². The van der Waals surface area contributed by atoms with Gasteiger partial charge in [-0.25, -0.2) is 0 Å². The molecule has 2 fully saturated rings. The van der Waals surface area contributed by atoms with Crippen LogP contribution in [0.15, 0.2) is 24.3 Å². The van der Waals surface area contributed by atoms with Gasteiger partial charge in [-0.3, -0.25) is 4.79 Å². The number of epoxide rings is 1. The van der Waals surface area contributed by atoms with E-state index in [1.807, 2.05) is 38.1 Å². The van der Waals surface area contributed by atoms with E-state index in [1.54, 1.807) is 0 Å². The number of hydrogen-bond acceptors (Lipinski definition) is 4. The fourth-order valence-corrected chi connectivity index (χ4v) is 2.77. The van der Waals surface area contributed by atoms with Gasteiger partial charge in [-0.05, 0) is 37.3 Å². The molecule has 4 unspecified atom stereocenters. The van der Waals surface area contributed by atoms with E-state index in [4.69, 9.17) is 9.47 Å². The van der Waals surface area contributed by atoms with Gasteiger partial charge in [0, 0.05) is 0 Å². The Hall–Kier alpha value is -1.68. The van der Waals surface area contributed by atoms with Crippen LogP contribution in [-0.4, -0.2) is 25.0 Å². The van der Waals surface area contributed by atoms with Crippen molar-refractivity contribution in [1.29, 1.82) is 0 Å². The largest absolute Gasteiger partial charge is 0.466 e. The SMILES string of the molecule is CCOC(=O)C1CC1c1cccc(C2(C)OC2C=O)c1. The lowest BCUT2D eigenvalue weighted by molar-refractivity contribution is -0.144. The first-order valence-electron chi connectivity index (χ1n) is 7.00. The Morgan fingerprint density at radius 2 is 2.35 bits per heavy atom. The number of carbonyl (C=O) groups is 2. The maximum absolute atomic E-state index is 11.7. The number of benzene rings is 1. The highest BCUT2D eigenvalue weighted by molar-refractivity contribution is 5.77. The van der Waals surface area contributed by atoms with Crippen LogP contribution in [0.4, 0.5) is 0 Å². The van der Waals surface area contributed by atoms with E-state index >= 15 is 0 Å². The number of aldehydes is 1. The van der Waals surface area contributed by atoms with E-state index in [0.29, 0.717) is 6.61 Å². The van der Waals surface area contributed by atoms with E-state index in [0.717, 1.165) is 23.8 Å². The van der Waals surface area contributed by atoms with Gasteiger partial charge >= 0.3 is 5.97 Å². The Labute approximate surface area is 118 Å². The number of rotatable bonds is 5. The van der Waals surface area contributed by atoms with E-state index in [2.05, 4.69) is 0 Å². The van der Waals surface area contributed by atoms with Crippen molar-refractivity contribution in [2.75, 3.05) is 6.61 Å². The number of esters is 1. The molecule has 1 aliphatic heterocycles. The zero-order valence-corrected chi connectivity index (χ0v) is 11.7. The summed E-state index contributed by atoms with van der Waals surface area (Å²) in [4.78, 5) is 22.5. The molecule has 0 spiro atoms. The lowest BCUT2D eigenvalue weighted by Gasteiger charge is -2.08. The molecule has 1 aromatic rings. The predicted molar refractivity (Wildman–Crippen MR) is 72.2 cm³/mol. The van der Waals surface area contributed by atoms with Gasteiger partial charge in [0.25, 0.3) is 0 Å². The summed E-state index contributed by atoms with van der Waals surface area (Å²) in [6.45, 7) is 4.16. The number of carbonyl (C=O) groups excluding carboxylic acids is 2. The molecule has 1 aliphatic carbocycles. The first-order valence-corrected chi connectivity index (χ1v) is 7.00. The van der Waals surface area contributed by atoms with Crippen molar-refractivity contribution in [3.8, 4) is 0 Å². The van der Waals surface area contributed by atoms with Crippen LogP contribution >= 0.6 is 0 Å². The van der Waals surface area contributed by atoms with Crippen molar-refractivity contribution in [3.05, 3.63) is 35.4 Å². The summed E-state index contributed by atoms with van der Waals surface area (Å²) in [5.41, 5.74) is 1.63. The van der Waals surface area contributed by atoms with Crippen molar-refractivity contribution in [1.82, 2.24) is 0 Å². The molecular formula is C16H18O4. The van der Waals surface area contributed by atoms with Crippen LogP contribution in [0.5, 0.6) is 0 Å². The third kappa shape index (κ3) is 2.14. The Balaban J connectivity index is 1.74. The van der Waals surface area contributed by atoms with Gasteiger partial charge in [0.2, 0.25) is 0 Å². The maximum atomic E-state index is 11.7. The molecule has 4 heteroatoms. The molecule has 0 N–H and O–H groups in total. The first-order chi connectivity index (χ1) is 9.60. The zero-order chi connectivity index (χ0) is 14.3. The van der Waals surface area contributed by atoms with Crippen LogP contribution in [0, 0.1) is 5.92 Å². The molecule has 106 valence electrons. The molecule has 3 rings (SSSR count). The number of ether oxygens (including phenoxy) is 2. The molecular weight excluding hydrogens is 256 g/mol. The van der Waals surface area contributed by atoms with Crippen molar-refractivity contribution >= 4 is 12.3 Å². The first kappa shape index (κ1) is 13.3. The Bertz CT molecular complexity index is 553. The summed E-state index contributed by atoms with van der Waals surface area (Å²) in [5, 5.41) is 0. The second kappa shape index (κ2) is 4.70. The fraction of sp³-hybridized carbons (Fsp3) is 0.500. The lowest BCUT2D eigenvalue weighted by atomic mass is 9.94. The fourth-order valence-electron chi connectivity index (χ4n) is 2.77. The van der Waals surface area contributed by atoms with E-state index < -0.39 is 5.60 Å². The van der Waals surface area contributed by atoms with Crippen LogP contribution in [0.3, 0.4) is 0 Å². The minimum absolute atomic E-state index is 0.0139. The van der Waals surface area contributed by atoms with Gasteiger partial charge in [-0.15, -0.1) is 0 Å². The van der Waals surface area contributed by atoms with Crippen molar-refractivity contribution in [2.45, 2.75) is 37.9 Å². The lowest BCUT2D eigenvalue weighted by Crippen LogP contribution is -2.09. The van der Waals surface area contributed by atoms with Gasteiger partial charge in [0.1, 0.15) is 11.7 Å². The van der Waals surface area contributed by atoms with E-state index in [1.165, 1.54) is 0 Å². The third-order valence-corrected chi connectivity index (χ3v) is 4.25. The minimum Gasteiger partial charge on any atom is -0.466 e. The molecule has 0 aromatic heterocycles. The summed E-state index contributed by atoms with van der Waals surface area (Å²) in [6.07, 6.45) is 1.33. The average molecular weight is 274 g/mol. The monoisotopic (exact) mass is 274 g/mol. The molecule has 0 amide bonds. The molecule has 1 saturated carbocycles. The topological polar surface area (TPSA) is 55.9 Å². The summed E-state index contributed by atoms with van der Waals surface area (Å²) >= 11 is 0. The van der Waals surface area contributed by atoms with Gasteiger partial charge < -0.3 is 14.3 Å². The third-order valence-electron chi connectivity index (χ3n) is 4.25. The van der Waals surface area contributed by atoms with Crippen molar-refractivity contribution in [2.24, 2.45) is 5.92 Å². The molecule has 1 saturated heterocycles. The Morgan fingerprint density at radius 1 is 1.55 bits per heavy atom. The predicted octanol–water partition coefficient (Wildman–Crippen LogP) is 2.17. The Morgan fingerprint density at radius 3 is 3.00 bits per heavy atom. The van der Waals surface area contributed by atoms with Crippen LogP contribution in [0.25, 0.3) is 0 Å². The highest BCUT2D eigenvalue weighted by Gasteiger charge is 2.54. The van der Waals surface area contributed by atoms with Crippen molar-refractivity contribution < 1.29 is 19.1 Å². The highest BCUT2D eigenvalue weighted by atomic mass is 16.6. The molecule has 4 nitrogen and oxygen atoms in total. The average Bonchev–Trinajstić information content (AvgIpc) is 3.34. The van der Waals surface area contributed by atoms with Gasteiger partial charge in [0.15, 0.2) is 6.29 Å². The second-order valence-corrected chi connectivity index (χ2v) is 5.61. The summed E-state index contributed by atoms with van der Waals surface area (Å²) < 4.78 is 10.5. The van der Waals surface area contributed by atoms with Crippen LogP contribution in [0.1, 0.15) is 37.3 Å². The van der Waals surface area contributed by atoms with E-state index in [-0.39, 0.29) is 23.9 Å². The van der Waals surface area contributed by atoms with Gasteiger partial charge in [-0.1, -0.05) is 24.3 Å². The molecule has 0 bridgehead atoms.